The highest BCUT2D eigenvalue weighted by Crippen LogP contribution is 2.52. The lowest BCUT2D eigenvalue weighted by Gasteiger charge is -2.47. The third kappa shape index (κ3) is 3.19. The second-order valence-electron chi connectivity index (χ2n) is 7.49. The largest absolute Gasteiger partial charge is 0.393 e. The summed E-state index contributed by atoms with van der Waals surface area (Å²) in [6, 6.07) is 0. The van der Waals surface area contributed by atoms with E-state index in [1.54, 1.807) is 5.57 Å². The zero-order valence-electron chi connectivity index (χ0n) is 13.8. The fraction of sp³-hybridized carbons (Fsp3) is 0.789. The molecule has 0 aromatic heterocycles. The van der Waals surface area contributed by atoms with Gasteiger partial charge < -0.3 is 5.11 Å². The summed E-state index contributed by atoms with van der Waals surface area (Å²) < 4.78 is 0. The van der Waals surface area contributed by atoms with Gasteiger partial charge in [-0.1, -0.05) is 57.4 Å². The van der Waals surface area contributed by atoms with Gasteiger partial charge in [-0.25, -0.2) is 0 Å². The van der Waals surface area contributed by atoms with Crippen molar-refractivity contribution >= 4 is 0 Å². The third-order valence-electron chi connectivity index (χ3n) is 5.56. The van der Waals surface area contributed by atoms with Gasteiger partial charge in [-0.3, -0.25) is 0 Å². The number of aliphatic hydroxyl groups is 1. The minimum Gasteiger partial charge on any atom is -0.393 e. The van der Waals surface area contributed by atoms with Crippen molar-refractivity contribution in [3.05, 3.63) is 23.3 Å². The van der Waals surface area contributed by atoms with Crippen molar-refractivity contribution < 1.29 is 5.11 Å². The highest BCUT2D eigenvalue weighted by molar-refractivity contribution is 5.34. The first-order valence-corrected chi connectivity index (χ1v) is 8.55. The molecule has 2 rings (SSSR count). The van der Waals surface area contributed by atoms with Crippen LogP contribution >= 0.6 is 0 Å². The number of hydrogen-bond donors (Lipinski definition) is 1. The van der Waals surface area contributed by atoms with Gasteiger partial charge in [-0.15, -0.1) is 0 Å². The summed E-state index contributed by atoms with van der Waals surface area (Å²) in [7, 11) is 0. The van der Waals surface area contributed by atoms with Gasteiger partial charge in [0.1, 0.15) is 0 Å². The zero-order valence-corrected chi connectivity index (χ0v) is 13.8. The normalized spacial score (nSPS) is 33.7. The van der Waals surface area contributed by atoms with Gasteiger partial charge >= 0.3 is 0 Å². The molecule has 2 aliphatic rings. The Balaban J connectivity index is 2.12. The van der Waals surface area contributed by atoms with Gasteiger partial charge in [0.2, 0.25) is 0 Å². The van der Waals surface area contributed by atoms with Crippen LogP contribution < -0.4 is 0 Å². The lowest BCUT2D eigenvalue weighted by atomic mass is 9.58. The molecular formula is C19H32O. The van der Waals surface area contributed by atoms with Crippen molar-refractivity contribution in [3.63, 3.8) is 0 Å². The first-order chi connectivity index (χ1) is 9.47. The van der Waals surface area contributed by atoms with E-state index in [2.05, 4.69) is 39.8 Å². The van der Waals surface area contributed by atoms with Gasteiger partial charge in [0.25, 0.3) is 0 Å². The van der Waals surface area contributed by atoms with Crippen LogP contribution in [-0.4, -0.2) is 11.2 Å². The molecule has 2 aliphatic carbocycles. The van der Waals surface area contributed by atoms with E-state index in [0.29, 0.717) is 11.3 Å². The molecule has 114 valence electrons. The number of hydrogen-bond acceptors (Lipinski definition) is 1. The molecule has 1 fully saturated rings. The average molecular weight is 276 g/mol. The minimum atomic E-state index is -0.109. The molecule has 0 aromatic carbocycles. The molecule has 1 heteroatoms. The Bertz CT molecular complexity index is 391. The summed E-state index contributed by atoms with van der Waals surface area (Å²) in [6.07, 6.45) is 12.8. The van der Waals surface area contributed by atoms with Crippen LogP contribution in [0.1, 0.15) is 72.6 Å². The summed E-state index contributed by atoms with van der Waals surface area (Å²) in [4.78, 5) is 0. The fourth-order valence-corrected chi connectivity index (χ4v) is 4.29. The van der Waals surface area contributed by atoms with Crippen LogP contribution in [0, 0.1) is 17.3 Å². The second-order valence-corrected chi connectivity index (χ2v) is 7.49. The molecule has 20 heavy (non-hydrogen) atoms. The third-order valence-corrected chi connectivity index (χ3v) is 5.56. The van der Waals surface area contributed by atoms with E-state index in [1.807, 2.05) is 0 Å². The highest BCUT2D eigenvalue weighted by atomic mass is 16.3. The smallest absolute Gasteiger partial charge is 0.0578 e. The predicted molar refractivity (Wildman–Crippen MR) is 86.6 cm³/mol. The molecule has 3 atom stereocenters. The van der Waals surface area contributed by atoms with Crippen molar-refractivity contribution in [1.82, 2.24) is 0 Å². The predicted octanol–water partition coefficient (Wildman–Crippen LogP) is 5.26. The van der Waals surface area contributed by atoms with E-state index in [9.17, 15) is 5.11 Å². The van der Waals surface area contributed by atoms with Crippen LogP contribution in [0.4, 0.5) is 0 Å². The summed E-state index contributed by atoms with van der Waals surface area (Å²) in [5, 5.41) is 9.93. The van der Waals surface area contributed by atoms with E-state index in [-0.39, 0.29) is 6.10 Å². The molecule has 0 bridgehead atoms. The van der Waals surface area contributed by atoms with Gasteiger partial charge in [-0.2, -0.15) is 0 Å². The van der Waals surface area contributed by atoms with Crippen LogP contribution in [0.25, 0.3) is 0 Å². The molecule has 0 radical (unpaired) electrons. The number of aliphatic hydroxyl groups excluding tert-OH is 1. The summed E-state index contributed by atoms with van der Waals surface area (Å²) in [5.74, 6) is 1.51. The SMILES string of the molecule is CCC1C(CCCC(C)C)=CC=C2C[C@@H](O)CC[C@@]21C. The van der Waals surface area contributed by atoms with E-state index in [1.165, 1.54) is 31.3 Å². The minimum absolute atomic E-state index is 0.109. The summed E-state index contributed by atoms with van der Waals surface area (Å²) in [6.45, 7) is 9.40. The Morgan fingerprint density at radius 1 is 1.35 bits per heavy atom. The molecule has 0 spiro atoms. The standard InChI is InChI=1S/C19H32O/c1-5-18-15(8-6-7-14(2)3)9-10-16-13-17(20)11-12-19(16,18)4/h9-10,14,17-18,20H,5-8,11-13H2,1-4H3/t17-,18?,19-/m0/s1. The van der Waals surface area contributed by atoms with Crippen LogP contribution in [0.2, 0.25) is 0 Å². The van der Waals surface area contributed by atoms with Gasteiger partial charge in [0, 0.05) is 0 Å². The Hall–Kier alpha value is -0.560. The zero-order chi connectivity index (χ0) is 14.8. The molecule has 0 saturated heterocycles. The molecule has 1 N–H and O–H groups in total. The van der Waals surface area contributed by atoms with Crippen LogP contribution in [0.5, 0.6) is 0 Å². The van der Waals surface area contributed by atoms with E-state index in [4.69, 9.17) is 0 Å². The lowest BCUT2D eigenvalue weighted by Crippen LogP contribution is -2.38. The second kappa shape index (κ2) is 6.47. The molecule has 0 heterocycles. The summed E-state index contributed by atoms with van der Waals surface area (Å²) in [5.41, 5.74) is 3.47. The summed E-state index contributed by atoms with van der Waals surface area (Å²) >= 11 is 0. The van der Waals surface area contributed by atoms with Crippen molar-refractivity contribution in [1.29, 1.82) is 0 Å². The Morgan fingerprint density at radius 3 is 2.75 bits per heavy atom. The van der Waals surface area contributed by atoms with Crippen molar-refractivity contribution in [3.8, 4) is 0 Å². The molecule has 0 aromatic rings. The maximum absolute atomic E-state index is 9.93. The maximum Gasteiger partial charge on any atom is 0.0578 e. The highest BCUT2D eigenvalue weighted by Gasteiger charge is 2.42. The molecule has 1 unspecified atom stereocenters. The number of allylic oxidation sites excluding steroid dienone is 3. The molecule has 0 aliphatic heterocycles. The number of fused-ring (bicyclic) bond motifs is 1. The van der Waals surface area contributed by atoms with Crippen LogP contribution in [0.15, 0.2) is 23.3 Å². The topological polar surface area (TPSA) is 20.2 Å². The van der Waals surface area contributed by atoms with E-state index in [0.717, 1.165) is 25.2 Å². The van der Waals surface area contributed by atoms with E-state index >= 15 is 0 Å². The average Bonchev–Trinajstić information content (AvgIpc) is 2.39. The molecule has 0 amide bonds. The first kappa shape index (κ1) is 15.8. The quantitative estimate of drug-likeness (QED) is 0.726. The van der Waals surface area contributed by atoms with Gasteiger partial charge in [0.15, 0.2) is 0 Å². The Kier molecular flexibility index (Phi) is 5.12. The van der Waals surface area contributed by atoms with Crippen molar-refractivity contribution in [2.45, 2.75) is 78.7 Å². The Labute approximate surface area is 125 Å². The lowest BCUT2D eigenvalue weighted by molar-refractivity contribution is 0.0880. The maximum atomic E-state index is 9.93. The van der Waals surface area contributed by atoms with Crippen LogP contribution in [0.3, 0.4) is 0 Å². The molecule has 1 nitrogen and oxygen atoms in total. The van der Waals surface area contributed by atoms with E-state index < -0.39 is 0 Å². The molecular weight excluding hydrogens is 244 g/mol. The first-order valence-electron chi connectivity index (χ1n) is 8.55. The fourth-order valence-electron chi connectivity index (χ4n) is 4.29. The monoisotopic (exact) mass is 276 g/mol. The molecule has 1 saturated carbocycles. The van der Waals surface area contributed by atoms with Crippen LogP contribution in [-0.2, 0) is 0 Å². The number of rotatable bonds is 5. The van der Waals surface area contributed by atoms with Crippen molar-refractivity contribution in [2.24, 2.45) is 17.3 Å². The van der Waals surface area contributed by atoms with Gasteiger partial charge in [0.05, 0.1) is 6.10 Å². The van der Waals surface area contributed by atoms with Crippen molar-refractivity contribution in [2.75, 3.05) is 0 Å². The Morgan fingerprint density at radius 2 is 2.10 bits per heavy atom. The van der Waals surface area contributed by atoms with Gasteiger partial charge in [-0.05, 0) is 55.8 Å².